The van der Waals surface area contributed by atoms with Crippen molar-refractivity contribution in [3.8, 4) is 11.1 Å². The smallest absolute Gasteiger partial charge is 0.231 e. The molecule has 0 saturated heterocycles. The molecule has 3 heterocycles. The molecule has 8 heteroatoms. The van der Waals surface area contributed by atoms with Gasteiger partial charge in [0.15, 0.2) is 0 Å². The molecule has 0 bridgehead atoms. The molecule has 138 valence electrons. The number of halogens is 1. The van der Waals surface area contributed by atoms with Gasteiger partial charge in [0.05, 0.1) is 31.5 Å². The summed E-state index contributed by atoms with van der Waals surface area (Å²) in [5.41, 5.74) is 1.73. The van der Waals surface area contributed by atoms with Crippen molar-refractivity contribution in [2.75, 3.05) is 5.32 Å². The minimum atomic E-state index is -0.480. The van der Waals surface area contributed by atoms with Crippen LogP contribution in [0, 0.1) is 5.92 Å². The van der Waals surface area contributed by atoms with E-state index >= 15 is 0 Å². The lowest BCUT2D eigenvalue weighted by atomic mass is 10.0. The molecule has 1 aliphatic rings. The predicted octanol–water partition coefficient (Wildman–Crippen LogP) is 3.07. The number of benzene rings is 1. The third kappa shape index (κ3) is 3.73. The lowest BCUT2D eigenvalue weighted by Gasteiger charge is -2.23. The van der Waals surface area contributed by atoms with Crippen LogP contribution in [0.25, 0.3) is 11.1 Å². The van der Waals surface area contributed by atoms with Crippen LogP contribution in [0.1, 0.15) is 12.2 Å². The Morgan fingerprint density at radius 1 is 1.33 bits per heavy atom. The molecular weight excluding hydrogens is 368 g/mol. The van der Waals surface area contributed by atoms with E-state index in [9.17, 15) is 9.59 Å². The van der Waals surface area contributed by atoms with Crippen LogP contribution in [-0.2, 0) is 22.7 Å². The number of nitrogens with one attached hydrogen (secondary N) is 2. The van der Waals surface area contributed by atoms with E-state index < -0.39 is 5.92 Å². The summed E-state index contributed by atoms with van der Waals surface area (Å²) in [6.45, 7) is 0.650. The number of fused-ring (bicyclic) bond motifs is 1. The maximum absolute atomic E-state index is 12.5. The maximum Gasteiger partial charge on any atom is 0.231 e. The summed E-state index contributed by atoms with van der Waals surface area (Å²) in [6, 6.07) is 10.9. The first kappa shape index (κ1) is 17.4. The van der Waals surface area contributed by atoms with E-state index in [0.717, 1.165) is 11.1 Å². The van der Waals surface area contributed by atoms with Gasteiger partial charge in [-0.2, -0.15) is 5.10 Å². The second kappa shape index (κ2) is 7.28. The molecule has 0 radical (unpaired) electrons. The first-order valence-electron chi connectivity index (χ1n) is 8.52. The number of nitrogens with zero attached hydrogens (tertiary/aromatic N) is 2. The molecule has 4 rings (SSSR count). The Bertz CT molecular complexity index is 964. The van der Waals surface area contributed by atoms with Gasteiger partial charge in [-0.15, -0.1) is 0 Å². The molecule has 1 unspecified atom stereocenters. The summed E-state index contributed by atoms with van der Waals surface area (Å²) in [4.78, 5) is 24.6. The number of anilines is 1. The fraction of sp³-hybridized carbons (Fsp3) is 0.211. The molecule has 2 aromatic heterocycles. The van der Waals surface area contributed by atoms with Crippen LogP contribution < -0.4 is 10.6 Å². The van der Waals surface area contributed by atoms with Gasteiger partial charge in [0.25, 0.3) is 0 Å². The van der Waals surface area contributed by atoms with Gasteiger partial charge in [-0.1, -0.05) is 23.7 Å². The van der Waals surface area contributed by atoms with E-state index in [-0.39, 0.29) is 18.2 Å². The maximum atomic E-state index is 12.5. The Balaban J connectivity index is 1.43. The molecule has 0 aliphatic carbocycles. The molecule has 0 fully saturated rings. The average Bonchev–Trinajstić information content (AvgIpc) is 3.31. The van der Waals surface area contributed by atoms with Crippen LogP contribution in [0.2, 0.25) is 5.02 Å². The summed E-state index contributed by atoms with van der Waals surface area (Å²) >= 11 is 5.93. The monoisotopic (exact) mass is 384 g/mol. The highest BCUT2D eigenvalue weighted by molar-refractivity contribution is 6.30. The average molecular weight is 385 g/mol. The molecule has 1 aliphatic heterocycles. The highest BCUT2D eigenvalue weighted by Crippen LogP contribution is 2.32. The molecular formula is C19H17ClN4O3. The molecule has 1 atom stereocenters. The minimum absolute atomic E-state index is 0.0854. The van der Waals surface area contributed by atoms with E-state index in [1.165, 1.54) is 0 Å². The Morgan fingerprint density at radius 2 is 2.15 bits per heavy atom. The summed E-state index contributed by atoms with van der Waals surface area (Å²) in [5.74, 6) is 0.423. The first-order valence-corrected chi connectivity index (χ1v) is 8.89. The van der Waals surface area contributed by atoms with Gasteiger partial charge in [-0.05, 0) is 29.8 Å². The second-order valence-electron chi connectivity index (χ2n) is 6.34. The zero-order valence-corrected chi connectivity index (χ0v) is 15.1. The number of carbonyl (C=O) groups excluding carboxylic acids is 2. The van der Waals surface area contributed by atoms with Crippen molar-refractivity contribution in [1.82, 2.24) is 15.1 Å². The van der Waals surface area contributed by atoms with Crippen LogP contribution in [-0.4, -0.2) is 21.6 Å². The van der Waals surface area contributed by atoms with E-state index in [0.29, 0.717) is 29.7 Å². The number of amides is 2. The SMILES string of the molecule is O=C(CC1Cn2ncc(-c3ccc(Cl)cc3)c2NC1=O)NCc1ccco1. The number of hydrogen-bond donors (Lipinski definition) is 2. The van der Waals surface area contributed by atoms with E-state index in [1.54, 1.807) is 41.4 Å². The van der Waals surface area contributed by atoms with Gasteiger partial charge in [-0.25, -0.2) is 4.68 Å². The zero-order valence-electron chi connectivity index (χ0n) is 14.3. The largest absolute Gasteiger partial charge is 0.467 e. The molecule has 0 spiro atoms. The van der Waals surface area contributed by atoms with Crippen LogP contribution in [0.3, 0.4) is 0 Å². The van der Waals surface area contributed by atoms with Gasteiger partial charge in [0.1, 0.15) is 11.6 Å². The van der Waals surface area contributed by atoms with E-state index in [1.807, 2.05) is 12.1 Å². The van der Waals surface area contributed by atoms with Gasteiger partial charge in [0, 0.05) is 17.0 Å². The molecule has 1 aromatic carbocycles. The van der Waals surface area contributed by atoms with Gasteiger partial charge < -0.3 is 15.1 Å². The fourth-order valence-corrected chi connectivity index (χ4v) is 3.18. The molecule has 2 amide bonds. The third-order valence-corrected chi connectivity index (χ3v) is 4.72. The van der Waals surface area contributed by atoms with Crippen LogP contribution in [0.5, 0.6) is 0 Å². The van der Waals surface area contributed by atoms with Crippen LogP contribution in [0.4, 0.5) is 5.82 Å². The normalized spacial score (nSPS) is 15.9. The Kier molecular flexibility index (Phi) is 4.68. The van der Waals surface area contributed by atoms with Gasteiger partial charge in [0.2, 0.25) is 11.8 Å². The van der Waals surface area contributed by atoms with Crippen LogP contribution in [0.15, 0.2) is 53.3 Å². The summed E-state index contributed by atoms with van der Waals surface area (Å²) in [6.07, 6.45) is 3.34. The van der Waals surface area contributed by atoms with Crippen molar-refractivity contribution in [3.05, 3.63) is 59.6 Å². The van der Waals surface area contributed by atoms with E-state index in [4.69, 9.17) is 16.0 Å². The Labute approximate surface area is 160 Å². The zero-order chi connectivity index (χ0) is 18.8. The molecule has 2 N–H and O–H groups in total. The fourth-order valence-electron chi connectivity index (χ4n) is 3.06. The summed E-state index contributed by atoms with van der Waals surface area (Å²) < 4.78 is 6.90. The molecule has 7 nitrogen and oxygen atoms in total. The first-order chi connectivity index (χ1) is 13.1. The minimum Gasteiger partial charge on any atom is -0.467 e. The number of carbonyl (C=O) groups is 2. The van der Waals surface area contributed by atoms with Crippen molar-refractivity contribution in [2.45, 2.75) is 19.5 Å². The lowest BCUT2D eigenvalue weighted by molar-refractivity contribution is -0.128. The van der Waals surface area contributed by atoms with E-state index in [2.05, 4.69) is 15.7 Å². The highest BCUT2D eigenvalue weighted by Gasteiger charge is 2.30. The van der Waals surface area contributed by atoms with Crippen molar-refractivity contribution < 1.29 is 14.0 Å². The summed E-state index contributed by atoms with van der Waals surface area (Å²) in [5, 5.41) is 10.6. The van der Waals surface area contributed by atoms with Crippen LogP contribution >= 0.6 is 11.6 Å². The Morgan fingerprint density at radius 3 is 2.89 bits per heavy atom. The summed E-state index contributed by atoms with van der Waals surface area (Å²) in [7, 11) is 0. The van der Waals surface area contributed by atoms with Gasteiger partial charge >= 0.3 is 0 Å². The molecule has 3 aromatic rings. The molecule has 27 heavy (non-hydrogen) atoms. The van der Waals surface area contributed by atoms with Gasteiger partial charge in [-0.3, -0.25) is 9.59 Å². The number of hydrogen-bond acceptors (Lipinski definition) is 4. The van der Waals surface area contributed by atoms with Crippen molar-refractivity contribution in [2.24, 2.45) is 5.92 Å². The number of rotatable bonds is 5. The standard InChI is InChI=1S/C19H17ClN4O3/c20-14-5-3-12(4-6-14)16-10-22-24-11-13(19(26)23-18(16)24)8-17(25)21-9-15-2-1-7-27-15/h1-7,10,13H,8-9,11H2,(H,21,25)(H,23,26). The molecule has 0 saturated carbocycles. The number of aromatic nitrogens is 2. The quantitative estimate of drug-likeness (QED) is 0.707. The highest BCUT2D eigenvalue weighted by atomic mass is 35.5. The third-order valence-electron chi connectivity index (χ3n) is 4.47. The Hall–Kier alpha value is -3.06. The second-order valence-corrected chi connectivity index (χ2v) is 6.78. The van der Waals surface area contributed by atoms with Crippen molar-refractivity contribution >= 4 is 29.2 Å². The number of furan rings is 1. The van der Waals surface area contributed by atoms with Crippen molar-refractivity contribution in [1.29, 1.82) is 0 Å². The predicted molar refractivity (Wildman–Crippen MR) is 100.0 cm³/mol. The topological polar surface area (TPSA) is 89.2 Å². The van der Waals surface area contributed by atoms with Crippen molar-refractivity contribution in [3.63, 3.8) is 0 Å². The lowest BCUT2D eigenvalue weighted by Crippen LogP contribution is -2.37.